The molecule has 4 N–H and O–H groups in total. The lowest BCUT2D eigenvalue weighted by molar-refractivity contribution is 0.0976. The molecular weight excluding hydrogens is 356 g/mol. The molecule has 10 heteroatoms. The van der Waals surface area contributed by atoms with Crippen LogP contribution in [0.15, 0.2) is 46.2 Å². The Morgan fingerprint density at radius 2 is 1.21 bits per heavy atom. The van der Waals surface area contributed by atoms with E-state index in [1.165, 1.54) is 18.2 Å². The van der Waals surface area contributed by atoms with Gasteiger partial charge in [0.15, 0.2) is 11.6 Å². The summed E-state index contributed by atoms with van der Waals surface area (Å²) < 4.78 is 47.2. The largest absolute Gasteiger partial charge is 0.289 e. The number of carbonyl (C=O) groups excluding carboxylic acids is 2. The average Bonchev–Trinajstić information content (AvgIpc) is 2.49. The molecule has 1 aliphatic carbocycles. The highest BCUT2D eigenvalue weighted by atomic mass is 32.2. The lowest BCUT2D eigenvalue weighted by atomic mass is 9.84. The van der Waals surface area contributed by atoms with E-state index in [2.05, 4.69) is 0 Å². The summed E-state index contributed by atoms with van der Waals surface area (Å²) in [5, 5.41) is 10.1. The summed E-state index contributed by atoms with van der Waals surface area (Å²) in [5.74, 6) is -1.42. The van der Waals surface area contributed by atoms with Crippen LogP contribution < -0.4 is 10.3 Å². The Labute approximate surface area is 137 Å². The molecule has 0 saturated heterocycles. The van der Waals surface area contributed by atoms with Gasteiger partial charge < -0.3 is 0 Å². The number of nitrogens with two attached hydrogens (primary N) is 2. The molecule has 0 amide bonds. The number of rotatable bonds is 2. The van der Waals surface area contributed by atoms with Crippen LogP contribution in [0.25, 0.3) is 0 Å². The molecule has 0 unspecified atom stereocenters. The first-order chi connectivity index (χ1) is 11.0. The second-order valence-corrected chi connectivity index (χ2v) is 8.14. The van der Waals surface area contributed by atoms with E-state index in [1.807, 2.05) is 0 Å². The summed E-state index contributed by atoms with van der Waals surface area (Å²) in [6.45, 7) is 0. The second-order valence-electron chi connectivity index (χ2n) is 5.11. The fraction of sp³-hybridized carbons (Fsp3) is 0. The summed E-state index contributed by atoms with van der Waals surface area (Å²) in [7, 11) is -9.14. The van der Waals surface area contributed by atoms with Crippen LogP contribution in [-0.2, 0) is 20.0 Å². The molecule has 0 spiro atoms. The Morgan fingerprint density at radius 1 is 0.667 bits per heavy atom. The van der Waals surface area contributed by atoms with Crippen molar-refractivity contribution >= 4 is 31.6 Å². The van der Waals surface area contributed by atoms with Gasteiger partial charge in [0, 0.05) is 16.7 Å². The maximum Gasteiger partial charge on any atom is 0.240 e. The van der Waals surface area contributed by atoms with Crippen molar-refractivity contribution < 1.29 is 26.4 Å². The Balaban J connectivity index is 2.51. The van der Waals surface area contributed by atoms with Gasteiger partial charge in [0.05, 0.1) is 5.56 Å². The number of fused-ring (bicyclic) bond motifs is 2. The molecule has 8 nitrogen and oxygen atoms in total. The third kappa shape index (κ3) is 2.36. The summed E-state index contributed by atoms with van der Waals surface area (Å²) in [6, 6.07) is 7.72. The van der Waals surface area contributed by atoms with Gasteiger partial charge in [0.2, 0.25) is 20.0 Å². The lowest BCUT2D eigenvalue weighted by Gasteiger charge is -2.20. The van der Waals surface area contributed by atoms with Gasteiger partial charge in [0.25, 0.3) is 0 Å². The predicted molar refractivity (Wildman–Crippen MR) is 82.5 cm³/mol. The summed E-state index contributed by atoms with van der Waals surface area (Å²) in [5.41, 5.74) is -0.756. The van der Waals surface area contributed by atoms with Gasteiger partial charge in [-0.05, 0) is 12.1 Å². The number of sulfonamides is 2. The molecule has 3 rings (SSSR count). The Kier molecular flexibility index (Phi) is 3.46. The third-order valence-electron chi connectivity index (χ3n) is 3.60. The molecular formula is C14H10N2O6S2. The zero-order valence-electron chi connectivity index (χ0n) is 11.9. The van der Waals surface area contributed by atoms with Gasteiger partial charge in [-0.15, -0.1) is 0 Å². The van der Waals surface area contributed by atoms with Gasteiger partial charge in [0.1, 0.15) is 9.79 Å². The van der Waals surface area contributed by atoms with E-state index in [-0.39, 0.29) is 16.7 Å². The summed E-state index contributed by atoms with van der Waals surface area (Å²) in [4.78, 5) is 23.4. The van der Waals surface area contributed by atoms with Crippen LogP contribution in [0.5, 0.6) is 0 Å². The summed E-state index contributed by atoms with van der Waals surface area (Å²) in [6.07, 6.45) is 0. The fourth-order valence-electron chi connectivity index (χ4n) is 2.64. The zero-order chi connectivity index (χ0) is 17.9. The highest BCUT2D eigenvalue weighted by Gasteiger charge is 2.37. The van der Waals surface area contributed by atoms with E-state index in [9.17, 15) is 26.4 Å². The van der Waals surface area contributed by atoms with Crippen molar-refractivity contribution in [2.45, 2.75) is 9.79 Å². The van der Waals surface area contributed by atoms with Crippen LogP contribution in [-0.4, -0.2) is 28.4 Å². The van der Waals surface area contributed by atoms with Gasteiger partial charge >= 0.3 is 0 Å². The van der Waals surface area contributed by atoms with Crippen molar-refractivity contribution in [1.82, 2.24) is 0 Å². The number of ketones is 2. The Morgan fingerprint density at radius 3 is 1.71 bits per heavy atom. The molecule has 2 aromatic rings. The van der Waals surface area contributed by atoms with Crippen molar-refractivity contribution in [1.29, 1.82) is 0 Å². The first kappa shape index (κ1) is 16.5. The minimum Gasteiger partial charge on any atom is -0.289 e. The average molecular weight is 366 g/mol. The van der Waals surface area contributed by atoms with Crippen LogP contribution in [0.2, 0.25) is 0 Å². The van der Waals surface area contributed by atoms with E-state index in [4.69, 9.17) is 10.3 Å². The predicted octanol–water partition coefficient (Wildman–Crippen LogP) is -0.243. The number of benzene rings is 2. The second kappa shape index (κ2) is 5.05. The molecule has 0 heterocycles. The molecule has 1 aliphatic rings. The van der Waals surface area contributed by atoms with Gasteiger partial charge in [-0.25, -0.2) is 27.1 Å². The molecule has 0 aromatic heterocycles. The van der Waals surface area contributed by atoms with Crippen LogP contribution >= 0.6 is 0 Å². The minimum absolute atomic E-state index is 0.0357. The fourth-order valence-corrected chi connectivity index (χ4v) is 4.79. The standard InChI is InChI=1S/C14H10N2O6S2/c15-23(19,20)10-6-5-9-11(14(10)24(16,21)22)13(18)8-4-2-1-3-7(8)12(9)17/h1-6H,(H2,15,19,20)(H2,16,21,22). The summed E-state index contributed by atoms with van der Waals surface area (Å²) >= 11 is 0. The lowest BCUT2D eigenvalue weighted by Crippen LogP contribution is -2.29. The molecule has 0 saturated carbocycles. The smallest absolute Gasteiger partial charge is 0.240 e. The van der Waals surface area contributed by atoms with Gasteiger partial charge in [-0.2, -0.15) is 0 Å². The highest BCUT2D eigenvalue weighted by molar-refractivity contribution is 7.92. The molecule has 0 bridgehead atoms. The van der Waals surface area contributed by atoms with Crippen LogP contribution in [0.1, 0.15) is 31.8 Å². The van der Waals surface area contributed by atoms with E-state index in [0.29, 0.717) is 0 Å². The Bertz CT molecular complexity index is 1130. The van der Waals surface area contributed by atoms with Crippen molar-refractivity contribution in [2.75, 3.05) is 0 Å². The minimum atomic E-state index is -4.65. The first-order valence-corrected chi connectivity index (χ1v) is 9.54. The highest BCUT2D eigenvalue weighted by Crippen LogP contribution is 2.34. The van der Waals surface area contributed by atoms with E-state index < -0.39 is 47.0 Å². The van der Waals surface area contributed by atoms with E-state index >= 15 is 0 Å². The van der Waals surface area contributed by atoms with Crippen molar-refractivity contribution in [3.63, 3.8) is 0 Å². The first-order valence-electron chi connectivity index (χ1n) is 6.44. The number of hydrogen-bond acceptors (Lipinski definition) is 6. The molecule has 0 radical (unpaired) electrons. The molecule has 124 valence electrons. The van der Waals surface area contributed by atoms with Gasteiger partial charge in [-0.1, -0.05) is 24.3 Å². The zero-order valence-corrected chi connectivity index (χ0v) is 13.5. The van der Waals surface area contributed by atoms with Crippen LogP contribution in [0.3, 0.4) is 0 Å². The van der Waals surface area contributed by atoms with Crippen molar-refractivity contribution in [2.24, 2.45) is 10.3 Å². The SMILES string of the molecule is NS(=O)(=O)c1ccc2c(c1S(N)(=O)=O)C(=O)c1ccccc1C2=O. The quantitative estimate of drug-likeness (QED) is 0.637. The van der Waals surface area contributed by atoms with Crippen molar-refractivity contribution in [3.8, 4) is 0 Å². The third-order valence-corrected chi connectivity index (χ3v) is 5.68. The molecule has 0 fully saturated rings. The van der Waals surface area contributed by atoms with E-state index in [1.54, 1.807) is 6.07 Å². The molecule has 0 atom stereocenters. The number of hydrogen-bond donors (Lipinski definition) is 2. The molecule has 24 heavy (non-hydrogen) atoms. The van der Waals surface area contributed by atoms with Crippen molar-refractivity contribution in [3.05, 3.63) is 58.7 Å². The van der Waals surface area contributed by atoms with Crippen LogP contribution in [0, 0.1) is 0 Å². The maximum atomic E-state index is 12.7. The van der Waals surface area contributed by atoms with Gasteiger partial charge in [-0.3, -0.25) is 9.59 Å². The number of primary sulfonamides is 2. The monoisotopic (exact) mass is 366 g/mol. The van der Waals surface area contributed by atoms with E-state index in [0.717, 1.165) is 12.1 Å². The normalized spacial score (nSPS) is 14.2. The Hall–Kier alpha value is -2.40. The topological polar surface area (TPSA) is 154 Å². The molecule has 0 aliphatic heterocycles. The maximum absolute atomic E-state index is 12.7. The van der Waals surface area contributed by atoms with Crippen LogP contribution in [0.4, 0.5) is 0 Å². The number of carbonyl (C=O) groups is 2. The molecule has 2 aromatic carbocycles.